The Balaban J connectivity index is 2.11. The number of aromatic nitrogens is 1. The summed E-state index contributed by atoms with van der Waals surface area (Å²) < 4.78 is 12.1. The quantitative estimate of drug-likeness (QED) is 0.890. The number of nitrogens with zero attached hydrogens (tertiary/aromatic N) is 1. The van der Waals surface area contributed by atoms with Crippen molar-refractivity contribution in [2.45, 2.75) is 13.3 Å². The van der Waals surface area contributed by atoms with E-state index in [-0.39, 0.29) is 6.42 Å². The minimum Gasteiger partial charge on any atom is -0.484 e. The minimum absolute atomic E-state index is 0.0357. The molecular weight excluding hydrogens is 366 g/mol. The first-order valence-electron chi connectivity index (χ1n) is 5.82. The molecule has 0 unspecified atom stereocenters. The molecule has 0 bridgehead atoms. The summed E-state index contributed by atoms with van der Waals surface area (Å²) in [4.78, 5) is 17.0. The highest BCUT2D eigenvalue weighted by Gasteiger charge is 2.27. The molecule has 2 aromatic heterocycles. The van der Waals surface area contributed by atoms with Gasteiger partial charge in [0.1, 0.15) is 21.9 Å². The number of carboxylic acids is 1. The van der Waals surface area contributed by atoms with Crippen LogP contribution in [0.4, 0.5) is 0 Å². The highest BCUT2D eigenvalue weighted by Crippen LogP contribution is 2.52. The zero-order valence-corrected chi connectivity index (χ0v) is 13.7. The molecule has 20 heavy (non-hydrogen) atoms. The summed E-state index contributed by atoms with van der Waals surface area (Å²) in [6.07, 6.45) is -0.0357. The van der Waals surface area contributed by atoms with Gasteiger partial charge in [-0.15, -0.1) is 22.7 Å². The Morgan fingerprint density at radius 3 is 2.75 bits per heavy atom. The molecule has 5 nitrogen and oxygen atoms in total. The van der Waals surface area contributed by atoms with Crippen LogP contribution in [0.1, 0.15) is 9.88 Å². The maximum Gasteiger partial charge on any atom is 0.308 e. The molecule has 1 aliphatic rings. The number of carboxylic acid groups (broad SMARTS) is 1. The average Bonchev–Trinajstić information content (AvgIpc) is 2.90. The molecule has 0 spiro atoms. The SMILES string of the molecule is Cc1nc(-c2sc(Br)c3c2OCCO3)c(CC(=O)O)s1. The Hall–Kier alpha value is -1.12. The van der Waals surface area contributed by atoms with E-state index < -0.39 is 5.97 Å². The molecule has 0 aliphatic carbocycles. The Kier molecular flexibility index (Phi) is 3.70. The lowest BCUT2D eigenvalue weighted by Gasteiger charge is -2.16. The van der Waals surface area contributed by atoms with E-state index in [9.17, 15) is 4.79 Å². The third-order valence-corrected chi connectivity index (χ3v) is 5.45. The summed E-state index contributed by atoms with van der Waals surface area (Å²) in [6, 6.07) is 0. The standard InChI is InChI=1S/C12H10BrNO4S2/c1-5-14-8(6(19-5)4-7(15)16)11-9-10(12(13)20-11)18-3-2-17-9/h2-4H2,1H3,(H,15,16). The van der Waals surface area contributed by atoms with Gasteiger partial charge in [0.15, 0.2) is 11.5 Å². The van der Waals surface area contributed by atoms with Crippen LogP contribution in [0.2, 0.25) is 0 Å². The molecule has 3 heterocycles. The summed E-state index contributed by atoms with van der Waals surface area (Å²) in [5, 5.41) is 9.85. The maximum absolute atomic E-state index is 11.0. The Morgan fingerprint density at radius 1 is 1.35 bits per heavy atom. The van der Waals surface area contributed by atoms with Crippen LogP contribution in [0.3, 0.4) is 0 Å². The van der Waals surface area contributed by atoms with E-state index in [0.717, 1.165) is 18.5 Å². The van der Waals surface area contributed by atoms with E-state index >= 15 is 0 Å². The first-order chi connectivity index (χ1) is 9.56. The Morgan fingerprint density at radius 2 is 2.05 bits per heavy atom. The van der Waals surface area contributed by atoms with Gasteiger partial charge in [0.25, 0.3) is 0 Å². The van der Waals surface area contributed by atoms with Crippen LogP contribution in [-0.2, 0) is 11.2 Å². The van der Waals surface area contributed by atoms with E-state index in [1.807, 2.05) is 6.92 Å². The minimum atomic E-state index is -0.864. The molecule has 0 fully saturated rings. The van der Waals surface area contributed by atoms with Crippen LogP contribution in [0.15, 0.2) is 3.79 Å². The van der Waals surface area contributed by atoms with Gasteiger partial charge in [0, 0.05) is 4.88 Å². The summed E-state index contributed by atoms with van der Waals surface area (Å²) in [7, 11) is 0. The van der Waals surface area contributed by atoms with Gasteiger partial charge in [-0.3, -0.25) is 4.79 Å². The normalized spacial score (nSPS) is 13.5. The van der Waals surface area contributed by atoms with Crippen molar-refractivity contribution >= 4 is 44.6 Å². The molecule has 1 aliphatic heterocycles. The number of aryl methyl sites for hydroxylation is 1. The van der Waals surface area contributed by atoms with Crippen LogP contribution < -0.4 is 9.47 Å². The van der Waals surface area contributed by atoms with Crippen molar-refractivity contribution in [1.82, 2.24) is 4.98 Å². The fourth-order valence-corrected chi connectivity index (χ4v) is 4.69. The molecule has 3 rings (SSSR count). The lowest BCUT2D eigenvalue weighted by Crippen LogP contribution is -2.14. The zero-order valence-electron chi connectivity index (χ0n) is 10.4. The summed E-state index contributed by atoms with van der Waals surface area (Å²) in [6.45, 7) is 2.87. The molecule has 0 amide bonds. The number of aliphatic carboxylic acids is 1. The first-order valence-corrected chi connectivity index (χ1v) is 8.25. The molecule has 2 aromatic rings. The smallest absolute Gasteiger partial charge is 0.308 e. The van der Waals surface area contributed by atoms with Crippen molar-refractivity contribution in [2.24, 2.45) is 0 Å². The third-order valence-electron chi connectivity index (χ3n) is 2.69. The number of thiophene rings is 1. The largest absolute Gasteiger partial charge is 0.484 e. The highest BCUT2D eigenvalue weighted by atomic mass is 79.9. The van der Waals surface area contributed by atoms with Gasteiger partial charge in [0.05, 0.1) is 17.1 Å². The Bertz CT molecular complexity index is 679. The van der Waals surface area contributed by atoms with Gasteiger partial charge in [-0.2, -0.15) is 0 Å². The highest BCUT2D eigenvalue weighted by molar-refractivity contribution is 9.11. The number of fused-ring (bicyclic) bond motifs is 1. The zero-order chi connectivity index (χ0) is 14.3. The molecule has 1 N–H and O–H groups in total. The number of thiazole rings is 1. The number of hydrogen-bond acceptors (Lipinski definition) is 6. The van der Waals surface area contributed by atoms with Gasteiger partial charge in [-0.25, -0.2) is 4.98 Å². The van der Waals surface area contributed by atoms with Crippen LogP contribution in [0.25, 0.3) is 10.6 Å². The molecule has 106 valence electrons. The van der Waals surface area contributed by atoms with Crippen molar-refractivity contribution < 1.29 is 19.4 Å². The van der Waals surface area contributed by atoms with E-state index in [1.165, 1.54) is 22.7 Å². The molecule has 0 atom stereocenters. The second-order valence-electron chi connectivity index (χ2n) is 4.14. The van der Waals surface area contributed by atoms with Gasteiger partial charge in [-0.05, 0) is 22.9 Å². The third kappa shape index (κ3) is 2.43. The summed E-state index contributed by atoms with van der Waals surface area (Å²) >= 11 is 6.31. The fourth-order valence-electron chi connectivity index (χ4n) is 1.98. The average molecular weight is 376 g/mol. The van der Waals surface area contributed by atoms with Gasteiger partial charge in [0.2, 0.25) is 0 Å². The lowest BCUT2D eigenvalue weighted by molar-refractivity contribution is -0.136. The Labute approximate surface area is 131 Å². The van der Waals surface area contributed by atoms with Gasteiger partial charge >= 0.3 is 5.97 Å². The topological polar surface area (TPSA) is 68.7 Å². The van der Waals surface area contributed by atoms with Gasteiger partial charge in [-0.1, -0.05) is 0 Å². The number of hydrogen-bond donors (Lipinski definition) is 1. The van der Waals surface area contributed by atoms with E-state index in [2.05, 4.69) is 20.9 Å². The van der Waals surface area contributed by atoms with Crippen LogP contribution in [-0.4, -0.2) is 29.3 Å². The predicted molar refractivity (Wildman–Crippen MR) is 80.2 cm³/mol. The van der Waals surface area contributed by atoms with Crippen molar-refractivity contribution in [2.75, 3.05) is 13.2 Å². The van der Waals surface area contributed by atoms with Crippen molar-refractivity contribution in [3.05, 3.63) is 13.7 Å². The van der Waals surface area contributed by atoms with Crippen molar-refractivity contribution in [3.8, 4) is 22.1 Å². The van der Waals surface area contributed by atoms with Crippen molar-refractivity contribution in [1.29, 1.82) is 0 Å². The number of carbonyl (C=O) groups is 1. The second-order valence-corrected chi connectivity index (χ2v) is 7.76. The number of rotatable bonds is 3. The maximum atomic E-state index is 11.0. The molecule has 0 aromatic carbocycles. The molecule has 8 heteroatoms. The molecule has 0 saturated heterocycles. The molecule has 0 saturated carbocycles. The number of halogens is 1. The molecule has 0 radical (unpaired) electrons. The fraction of sp³-hybridized carbons (Fsp3) is 0.333. The van der Waals surface area contributed by atoms with Crippen LogP contribution in [0.5, 0.6) is 11.5 Å². The van der Waals surface area contributed by atoms with Crippen LogP contribution in [0, 0.1) is 6.92 Å². The summed E-state index contributed by atoms with van der Waals surface area (Å²) in [5.41, 5.74) is 0.687. The monoisotopic (exact) mass is 375 g/mol. The van der Waals surface area contributed by atoms with Crippen LogP contribution >= 0.6 is 38.6 Å². The molecular formula is C12H10BrNO4S2. The first kappa shape index (κ1) is 13.8. The van der Waals surface area contributed by atoms with E-state index in [0.29, 0.717) is 30.4 Å². The van der Waals surface area contributed by atoms with E-state index in [4.69, 9.17) is 14.6 Å². The summed E-state index contributed by atoms with van der Waals surface area (Å²) in [5.74, 6) is 0.477. The lowest BCUT2D eigenvalue weighted by atomic mass is 10.2. The second kappa shape index (κ2) is 5.34. The van der Waals surface area contributed by atoms with Gasteiger partial charge < -0.3 is 14.6 Å². The predicted octanol–water partition coefficient (Wildman–Crippen LogP) is 3.34. The van der Waals surface area contributed by atoms with Crippen molar-refractivity contribution in [3.63, 3.8) is 0 Å². The number of ether oxygens (including phenoxy) is 2. The van der Waals surface area contributed by atoms with E-state index in [1.54, 1.807) is 0 Å².